The van der Waals surface area contributed by atoms with Gasteiger partial charge in [-0.05, 0) is 30.3 Å². The van der Waals surface area contributed by atoms with E-state index in [9.17, 15) is 18.0 Å². The van der Waals surface area contributed by atoms with E-state index >= 15 is 0 Å². The van der Waals surface area contributed by atoms with Gasteiger partial charge in [0.25, 0.3) is 5.91 Å². The number of anilines is 1. The number of sulfonamides is 1. The lowest BCUT2D eigenvalue weighted by molar-refractivity contribution is 0.0831. The number of hydrazine groups is 1. The van der Waals surface area contributed by atoms with Crippen molar-refractivity contribution in [2.24, 2.45) is 0 Å². The summed E-state index contributed by atoms with van der Waals surface area (Å²) in [5.74, 6) is -1.16. The Morgan fingerprint density at radius 2 is 1.77 bits per heavy atom. The Balaban J connectivity index is 2.01. The molecule has 1 heterocycles. The highest BCUT2D eigenvalue weighted by molar-refractivity contribution is 7.92. The summed E-state index contributed by atoms with van der Waals surface area (Å²) in [5, 5.41) is 0. The minimum atomic E-state index is -3.44. The van der Waals surface area contributed by atoms with Crippen molar-refractivity contribution < 1.29 is 22.4 Å². The topological polar surface area (TPSA) is 118 Å². The standard InChI is InChI=1S/C13H13N3O5S/c1-22(19,20)16-10-5-2-4-9(8-10)12(17)14-15-13(18)11-6-3-7-21-11/h2-8,16H,1H3,(H,14,17)(H,15,18). The Hall–Kier alpha value is -2.81. The van der Waals surface area contributed by atoms with Crippen LogP contribution in [0, 0.1) is 0 Å². The van der Waals surface area contributed by atoms with E-state index in [4.69, 9.17) is 4.42 Å². The number of hydrogen-bond donors (Lipinski definition) is 3. The van der Waals surface area contributed by atoms with E-state index in [0.717, 1.165) is 6.26 Å². The number of benzene rings is 1. The molecular weight excluding hydrogens is 310 g/mol. The normalized spacial score (nSPS) is 10.8. The van der Waals surface area contributed by atoms with Crippen molar-refractivity contribution in [3.05, 3.63) is 54.0 Å². The minimum absolute atomic E-state index is 0.0489. The molecule has 0 unspecified atom stereocenters. The van der Waals surface area contributed by atoms with Crippen molar-refractivity contribution in [3.8, 4) is 0 Å². The van der Waals surface area contributed by atoms with Gasteiger partial charge in [-0.3, -0.25) is 25.2 Å². The third-order valence-electron chi connectivity index (χ3n) is 2.46. The van der Waals surface area contributed by atoms with Gasteiger partial charge in [0.15, 0.2) is 5.76 Å². The van der Waals surface area contributed by atoms with E-state index in [1.54, 1.807) is 0 Å². The van der Waals surface area contributed by atoms with E-state index in [0.29, 0.717) is 0 Å². The van der Waals surface area contributed by atoms with Crippen LogP contribution in [0.15, 0.2) is 47.1 Å². The maximum atomic E-state index is 11.9. The molecule has 2 aromatic rings. The summed E-state index contributed by atoms with van der Waals surface area (Å²) >= 11 is 0. The number of rotatable bonds is 4. The third-order valence-corrected chi connectivity index (χ3v) is 3.07. The Labute approximate surface area is 126 Å². The number of nitrogens with one attached hydrogen (secondary N) is 3. The smallest absolute Gasteiger partial charge is 0.305 e. The predicted octanol–water partition coefficient (Wildman–Crippen LogP) is 0.726. The molecule has 0 aliphatic heterocycles. The molecule has 0 fully saturated rings. The number of carbonyl (C=O) groups is 2. The molecule has 0 spiro atoms. The van der Waals surface area contributed by atoms with Gasteiger partial charge in [-0.25, -0.2) is 8.42 Å². The molecular formula is C13H13N3O5S. The molecule has 116 valence electrons. The van der Waals surface area contributed by atoms with Gasteiger partial charge in [-0.1, -0.05) is 6.07 Å². The summed E-state index contributed by atoms with van der Waals surface area (Å²) in [6.07, 6.45) is 2.33. The molecule has 0 aliphatic rings. The first kappa shape index (κ1) is 15.6. The van der Waals surface area contributed by atoms with Crippen molar-refractivity contribution in [3.63, 3.8) is 0 Å². The lowest BCUT2D eigenvalue weighted by atomic mass is 10.2. The summed E-state index contributed by atoms with van der Waals surface area (Å²) in [7, 11) is -3.44. The fraction of sp³-hybridized carbons (Fsp3) is 0.0769. The summed E-state index contributed by atoms with van der Waals surface area (Å²) in [5.41, 5.74) is 4.80. The summed E-state index contributed by atoms with van der Waals surface area (Å²) < 4.78 is 29.4. The second-order valence-corrected chi connectivity index (χ2v) is 6.09. The number of hydrogen-bond acceptors (Lipinski definition) is 5. The van der Waals surface area contributed by atoms with Crippen molar-refractivity contribution in [1.82, 2.24) is 10.9 Å². The average Bonchev–Trinajstić information content (AvgIpc) is 2.97. The first-order valence-corrected chi connectivity index (χ1v) is 7.96. The first-order valence-electron chi connectivity index (χ1n) is 6.07. The van der Waals surface area contributed by atoms with Gasteiger partial charge in [0.2, 0.25) is 10.0 Å². The number of carbonyl (C=O) groups excluding carboxylic acids is 2. The fourth-order valence-corrected chi connectivity index (χ4v) is 2.15. The molecule has 0 aliphatic carbocycles. The molecule has 3 N–H and O–H groups in total. The van der Waals surface area contributed by atoms with Gasteiger partial charge in [0.1, 0.15) is 0 Å². The second-order valence-electron chi connectivity index (χ2n) is 4.34. The zero-order valence-corrected chi connectivity index (χ0v) is 12.3. The molecule has 1 aromatic carbocycles. The van der Waals surface area contributed by atoms with Crippen LogP contribution in [0.3, 0.4) is 0 Å². The van der Waals surface area contributed by atoms with Crippen LogP contribution >= 0.6 is 0 Å². The average molecular weight is 323 g/mol. The SMILES string of the molecule is CS(=O)(=O)Nc1cccc(C(=O)NNC(=O)c2ccco2)c1. The lowest BCUT2D eigenvalue weighted by Gasteiger charge is -2.08. The summed E-state index contributed by atoms with van der Waals surface area (Å²) in [6.45, 7) is 0. The van der Waals surface area contributed by atoms with Crippen LogP contribution in [0.1, 0.15) is 20.9 Å². The Morgan fingerprint density at radius 3 is 2.41 bits per heavy atom. The highest BCUT2D eigenvalue weighted by Gasteiger charge is 2.12. The van der Waals surface area contributed by atoms with Crippen molar-refractivity contribution in [2.45, 2.75) is 0 Å². The van der Waals surface area contributed by atoms with E-state index in [1.165, 1.54) is 42.7 Å². The second kappa shape index (κ2) is 6.31. The monoisotopic (exact) mass is 323 g/mol. The van der Waals surface area contributed by atoms with E-state index in [-0.39, 0.29) is 17.0 Å². The van der Waals surface area contributed by atoms with Crippen molar-refractivity contribution in [2.75, 3.05) is 11.0 Å². The zero-order chi connectivity index (χ0) is 16.2. The molecule has 0 saturated carbocycles. The van der Waals surface area contributed by atoms with Crippen molar-refractivity contribution >= 4 is 27.5 Å². The molecule has 2 rings (SSSR count). The summed E-state index contributed by atoms with van der Waals surface area (Å²) in [4.78, 5) is 23.5. The molecule has 0 atom stereocenters. The van der Waals surface area contributed by atoms with Crippen LogP contribution in [0.2, 0.25) is 0 Å². The van der Waals surface area contributed by atoms with Crippen LogP contribution in [-0.2, 0) is 10.0 Å². The quantitative estimate of drug-likeness (QED) is 0.717. The zero-order valence-electron chi connectivity index (χ0n) is 11.5. The van der Waals surface area contributed by atoms with Gasteiger partial charge < -0.3 is 4.42 Å². The molecule has 9 heteroatoms. The maximum absolute atomic E-state index is 11.9. The van der Waals surface area contributed by atoms with Crippen LogP contribution in [0.4, 0.5) is 5.69 Å². The Morgan fingerprint density at radius 1 is 1.05 bits per heavy atom. The van der Waals surface area contributed by atoms with Gasteiger partial charge >= 0.3 is 5.91 Å². The maximum Gasteiger partial charge on any atom is 0.305 e. The molecule has 22 heavy (non-hydrogen) atoms. The predicted molar refractivity (Wildman–Crippen MR) is 78.5 cm³/mol. The fourth-order valence-electron chi connectivity index (χ4n) is 1.59. The number of amides is 2. The van der Waals surface area contributed by atoms with Gasteiger partial charge in [0, 0.05) is 11.3 Å². The highest BCUT2D eigenvalue weighted by Crippen LogP contribution is 2.11. The van der Waals surface area contributed by atoms with Gasteiger partial charge in [-0.15, -0.1) is 0 Å². The minimum Gasteiger partial charge on any atom is -0.459 e. The van der Waals surface area contributed by atoms with Crippen LogP contribution in [-0.4, -0.2) is 26.5 Å². The molecule has 0 bridgehead atoms. The molecule has 1 aromatic heterocycles. The van der Waals surface area contributed by atoms with E-state index < -0.39 is 21.8 Å². The van der Waals surface area contributed by atoms with Crippen molar-refractivity contribution in [1.29, 1.82) is 0 Å². The lowest BCUT2D eigenvalue weighted by Crippen LogP contribution is -2.41. The number of furan rings is 1. The van der Waals surface area contributed by atoms with E-state index in [2.05, 4.69) is 15.6 Å². The Bertz CT molecular complexity index is 784. The third kappa shape index (κ3) is 4.35. The molecule has 0 saturated heterocycles. The Kier molecular flexibility index (Phi) is 4.47. The van der Waals surface area contributed by atoms with Gasteiger partial charge in [0.05, 0.1) is 12.5 Å². The largest absolute Gasteiger partial charge is 0.459 e. The molecule has 2 amide bonds. The van der Waals surface area contributed by atoms with Gasteiger partial charge in [-0.2, -0.15) is 0 Å². The van der Waals surface area contributed by atoms with Crippen LogP contribution < -0.4 is 15.6 Å². The molecule has 8 nitrogen and oxygen atoms in total. The molecule has 0 radical (unpaired) electrons. The van der Waals surface area contributed by atoms with Crippen LogP contribution in [0.25, 0.3) is 0 Å². The van der Waals surface area contributed by atoms with Crippen LogP contribution in [0.5, 0.6) is 0 Å². The first-order chi connectivity index (χ1) is 10.3. The summed E-state index contributed by atoms with van der Waals surface area (Å²) in [6, 6.07) is 8.81. The van der Waals surface area contributed by atoms with E-state index in [1.807, 2.05) is 0 Å². The highest BCUT2D eigenvalue weighted by atomic mass is 32.2.